The lowest BCUT2D eigenvalue weighted by Gasteiger charge is -2.38. The number of methoxy groups -OCH3 is 1. The van der Waals surface area contributed by atoms with Gasteiger partial charge >= 0.3 is 5.97 Å². The molecule has 33 heavy (non-hydrogen) atoms. The smallest absolute Gasteiger partial charge is 0.341 e. The molecule has 2 amide bonds. The highest BCUT2D eigenvalue weighted by Crippen LogP contribution is 2.35. The molecule has 3 heterocycles. The Labute approximate surface area is 197 Å². The second kappa shape index (κ2) is 9.82. The number of carbonyl (C=O) groups is 3. The summed E-state index contributed by atoms with van der Waals surface area (Å²) in [6.07, 6.45) is 2.48. The van der Waals surface area contributed by atoms with E-state index in [1.807, 2.05) is 47.9 Å². The van der Waals surface area contributed by atoms with Crippen molar-refractivity contribution in [1.29, 1.82) is 0 Å². The normalized spacial score (nSPS) is 17.7. The van der Waals surface area contributed by atoms with Gasteiger partial charge in [-0.1, -0.05) is 12.1 Å². The Morgan fingerprint density at radius 2 is 1.88 bits per heavy atom. The van der Waals surface area contributed by atoms with Gasteiger partial charge < -0.3 is 24.6 Å². The van der Waals surface area contributed by atoms with Crippen LogP contribution >= 0.6 is 11.3 Å². The molecular weight excluding hydrogens is 442 g/mol. The first-order valence-corrected chi connectivity index (χ1v) is 12.0. The highest BCUT2D eigenvalue weighted by Gasteiger charge is 2.34. The Morgan fingerprint density at radius 1 is 1.15 bits per heavy atom. The minimum Gasteiger partial charge on any atom is -0.477 e. The molecule has 0 radical (unpaired) electrons. The molecule has 0 spiro atoms. The van der Waals surface area contributed by atoms with Crippen molar-refractivity contribution in [2.24, 2.45) is 0 Å². The third-order valence-electron chi connectivity index (χ3n) is 6.17. The van der Waals surface area contributed by atoms with Gasteiger partial charge in [-0.25, -0.2) is 4.79 Å². The van der Waals surface area contributed by atoms with Crippen LogP contribution in [0.15, 0.2) is 24.3 Å². The summed E-state index contributed by atoms with van der Waals surface area (Å²) < 4.78 is 10.9. The van der Waals surface area contributed by atoms with Crippen molar-refractivity contribution >= 4 is 39.8 Å². The number of nitrogens with zero attached hydrogens (tertiary/aromatic N) is 2. The molecule has 9 heteroatoms. The number of ether oxygens (including phenoxy) is 2. The third kappa shape index (κ3) is 4.83. The molecule has 1 aromatic carbocycles. The minimum atomic E-state index is -0.664. The molecule has 1 fully saturated rings. The van der Waals surface area contributed by atoms with E-state index in [-0.39, 0.29) is 24.9 Å². The maximum Gasteiger partial charge on any atom is 0.341 e. The minimum absolute atomic E-state index is 0.0285. The molecule has 1 aromatic heterocycles. The van der Waals surface area contributed by atoms with Crippen LogP contribution < -0.4 is 15.0 Å². The molecule has 0 aliphatic carbocycles. The Balaban J connectivity index is 1.52. The number of amides is 2. The van der Waals surface area contributed by atoms with Gasteiger partial charge in [0.2, 0.25) is 5.91 Å². The maximum atomic E-state index is 13.1. The van der Waals surface area contributed by atoms with E-state index >= 15 is 0 Å². The van der Waals surface area contributed by atoms with Crippen LogP contribution in [0.4, 0.5) is 10.7 Å². The highest BCUT2D eigenvalue weighted by molar-refractivity contribution is 7.16. The van der Waals surface area contributed by atoms with Crippen LogP contribution in [0, 0.1) is 13.8 Å². The number of carbonyl (C=O) groups excluding carboxylic acids is 3. The summed E-state index contributed by atoms with van der Waals surface area (Å²) in [6, 6.07) is 7.42. The fraction of sp³-hybridized carbons (Fsp3) is 0.458. The van der Waals surface area contributed by atoms with Crippen LogP contribution in [0.2, 0.25) is 0 Å². The molecule has 1 saturated heterocycles. The highest BCUT2D eigenvalue weighted by atomic mass is 32.1. The van der Waals surface area contributed by atoms with Gasteiger partial charge in [-0.2, -0.15) is 0 Å². The fourth-order valence-electron chi connectivity index (χ4n) is 4.31. The second-order valence-electron chi connectivity index (χ2n) is 8.37. The first kappa shape index (κ1) is 23.1. The third-order valence-corrected chi connectivity index (χ3v) is 7.29. The number of fused-ring (bicyclic) bond motifs is 1. The topological polar surface area (TPSA) is 88.2 Å². The molecule has 0 saturated carbocycles. The van der Waals surface area contributed by atoms with E-state index in [2.05, 4.69) is 5.32 Å². The van der Waals surface area contributed by atoms with Gasteiger partial charge in [0.05, 0.1) is 31.5 Å². The van der Waals surface area contributed by atoms with Crippen LogP contribution in [-0.2, 0) is 14.3 Å². The van der Waals surface area contributed by atoms with Gasteiger partial charge in [0.1, 0.15) is 10.8 Å². The van der Waals surface area contributed by atoms with E-state index in [9.17, 15) is 14.4 Å². The number of rotatable bonds is 5. The second-order valence-corrected chi connectivity index (χ2v) is 9.59. The summed E-state index contributed by atoms with van der Waals surface area (Å²) in [5.74, 6) is -0.199. The molecule has 1 unspecified atom stereocenters. The van der Waals surface area contributed by atoms with Crippen LogP contribution in [-0.4, -0.2) is 62.1 Å². The lowest BCUT2D eigenvalue weighted by Crippen LogP contribution is -2.52. The Morgan fingerprint density at radius 3 is 2.61 bits per heavy atom. The number of hydrogen-bond acceptors (Lipinski definition) is 7. The molecule has 176 valence electrons. The number of piperidine rings is 1. The van der Waals surface area contributed by atoms with Crippen molar-refractivity contribution in [1.82, 2.24) is 4.90 Å². The standard InChI is InChI=1S/C24H29N3O5S/c1-15-16(2)33-22(21(15)24(30)31-3)25-20(28)14-27-13-19(23(29)26-11-7-4-8-12-26)32-18-10-6-5-9-17(18)27/h5-6,9-10,19H,4,7-8,11-14H2,1-3H3,(H,25,28). The average molecular weight is 472 g/mol. The van der Waals surface area contributed by atoms with Gasteiger partial charge in [0.15, 0.2) is 6.10 Å². The van der Waals surface area contributed by atoms with Crippen LogP contribution in [0.5, 0.6) is 5.75 Å². The van der Waals surface area contributed by atoms with E-state index in [0.717, 1.165) is 48.5 Å². The molecule has 1 atom stereocenters. The van der Waals surface area contributed by atoms with E-state index < -0.39 is 12.1 Å². The van der Waals surface area contributed by atoms with Gasteiger partial charge in [-0.15, -0.1) is 11.3 Å². The van der Waals surface area contributed by atoms with Crippen molar-refractivity contribution in [2.75, 3.05) is 43.5 Å². The van der Waals surface area contributed by atoms with Gasteiger partial charge in [-0.05, 0) is 50.8 Å². The quantitative estimate of drug-likeness (QED) is 0.673. The van der Waals surface area contributed by atoms with E-state index in [0.29, 0.717) is 16.3 Å². The van der Waals surface area contributed by atoms with Gasteiger partial charge in [-0.3, -0.25) is 9.59 Å². The SMILES string of the molecule is COC(=O)c1c(NC(=O)CN2CC(C(=O)N3CCCCC3)Oc3ccccc32)sc(C)c1C. The first-order valence-electron chi connectivity index (χ1n) is 11.2. The molecule has 1 N–H and O–H groups in total. The number of esters is 1. The van der Waals surface area contributed by atoms with Crippen molar-refractivity contribution in [3.8, 4) is 5.75 Å². The Bertz CT molecular complexity index is 1060. The first-order chi connectivity index (χ1) is 15.9. The van der Waals surface area contributed by atoms with Crippen molar-refractivity contribution in [3.63, 3.8) is 0 Å². The number of hydrogen-bond donors (Lipinski definition) is 1. The number of aryl methyl sites for hydroxylation is 1. The molecule has 8 nitrogen and oxygen atoms in total. The molecule has 4 rings (SSSR count). The number of thiophene rings is 1. The van der Waals surface area contributed by atoms with Crippen LogP contribution in [0.25, 0.3) is 0 Å². The Hall–Kier alpha value is -3.07. The number of nitrogens with one attached hydrogen (secondary N) is 1. The van der Waals surface area contributed by atoms with Crippen LogP contribution in [0.1, 0.15) is 40.1 Å². The monoisotopic (exact) mass is 471 g/mol. The summed E-state index contributed by atoms with van der Waals surface area (Å²) in [4.78, 5) is 43.0. The van der Waals surface area contributed by atoms with Crippen molar-refractivity contribution in [3.05, 3.63) is 40.3 Å². The Kier molecular flexibility index (Phi) is 6.88. The summed E-state index contributed by atoms with van der Waals surface area (Å²) >= 11 is 1.35. The summed E-state index contributed by atoms with van der Waals surface area (Å²) in [6.45, 7) is 5.54. The average Bonchev–Trinajstić information content (AvgIpc) is 3.11. The zero-order valence-corrected chi connectivity index (χ0v) is 20.0. The number of para-hydroxylation sites is 2. The van der Waals surface area contributed by atoms with Crippen molar-refractivity contribution < 1.29 is 23.9 Å². The predicted molar refractivity (Wildman–Crippen MR) is 127 cm³/mol. The molecule has 2 aliphatic rings. The molecule has 0 bridgehead atoms. The van der Waals surface area contributed by atoms with E-state index in [1.165, 1.54) is 18.4 Å². The molecule has 2 aliphatic heterocycles. The zero-order chi connectivity index (χ0) is 23.5. The lowest BCUT2D eigenvalue weighted by atomic mass is 10.1. The fourth-order valence-corrected chi connectivity index (χ4v) is 5.37. The summed E-state index contributed by atoms with van der Waals surface area (Å²) in [5, 5.41) is 3.35. The molecular formula is C24H29N3O5S. The van der Waals surface area contributed by atoms with Gasteiger partial charge in [0, 0.05) is 18.0 Å². The van der Waals surface area contributed by atoms with Crippen LogP contribution in [0.3, 0.4) is 0 Å². The van der Waals surface area contributed by atoms with E-state index in [1.54, 1.807) is 0 Å². The van der Waals surface area contributed by atoms with Crippen molar-refractivity contribution in [2.45, 2.75) is 39.2 Å². The van der Waals surface area contributed by atoms with Gasteiger partial charge in [0.25, 0.3) is 5.91 Å². The maximum absolute atomic E-state index is 13.1. The summed E-state index contributed by atoms with van der Waals surface area (Å²) in [5.41, 5.74) is 1.95. The lowest BCUT2D eigenvalue weighted by molar-refractivity contribution is -0.139. The zero-order valence-electron chi connectivity index (χ0n) is 19.2. The number of benzene rings is 1. The summed E-state index contributed by atoms with van der Waals surface area (Å²) in [7, 11) is 1.32. The number of anilines is 2. The number of likely N-dealkylation sites (tertiary alicyclic amines) is 1. The largest absolute Gasteiger partial charge is 0.477 e. The predicted octanol–water partition coefficient (Wildman–Crippen LogP) is 3.37. The molecule has 2 aromatic rings. The van der Waals surface area contributed by atoms with E-state index in [4.69, 9.17) is 9.47 Å².